The first-order valence-electron chi connectivity index (χ1n) is 27.4. The second-order valence-electron chi connectivity index (χ2n) is 22.0. The summed E-state index contributed by atoms with van der Waals surface area (Å²) in [5, 5.41) is 35.1. The molecule has 0 aliphatic rings. The lowest BCUT2D eigenvalue weighted by molar-refractivity contribution is -0.144. The van der Waals surface area contributed by atoms with Gasteiger partial charge in [-0.3, -0.25) is 33.6 Å². The number of Topliss-reactive ketones (excluding diaryl/α,β-unsaturated/α-hetero) is 3. The largest absolute Gasteiger partial charge is 0.508 e. The molecule has 21 heteroatoms. The molecule has 0 bridgehead atoms. The molecule has 2 unspecified atom stereocenters. The Kier molecular flexibility index (Phi) is 26.6. The van der Waals surface area contributed by atoms with E-state index in [4.69, 9.17) is 9.47 Å². The highest BCUT2D eigenvalue weighted by Crippen LogP contribution is 2.20. The molecule has 0 aliphatic carbocycles. The molecular weight excluding hydrogens is 1060 g/mol. The third-order valence-corrected chi connectivity index (χ3v) is 12.8. The monoisotopic (exact) mass is 1140 g/mol. The fraction of sp³-hybridized carbons (Fsp3) is 0.459. The minimum Gasteiger partial charge on any atom is -0.508 e. The molecule has 0 saturated carbocycles. The van der Waals surface area contributed by atoms with Crippen LogP contribution in [0, 0.1) is 23.7 Å². The van der Waals surface area contributed by atoms with E-state index < -0.39 is 115 Å². The highest BCUT2D eigenvalue weighted by atomic mass is 19.1. The number of phenols is 2. The van der Waals surface area contributed by atoms with Crippen molar-refractivity contribution in [3.05, 3.63) is 131 Å². The van der Waals surface area contributed by atoms with Crippen molar-refractivity contribution < 1.29 is 71.6 Å². The van der Waals surface area contributed by atoms with E-state index in [0.717, 1.165) is 0 Å². The summed E-state index contributed by atoms with van der Waals surface area (Å²) in [6.45, 7) is 14.0. The van der Waals surface area contributed by atoms with Crippen molar-refractivity contribution in [3.63, 3.8) is 0 Å². The Hall–Kier alpha value is -8.23. The number of amides is 6. The summed E-state index contributed by atoms with van der Waals surface area (Å²) < 4.78 is 43.9. The van der Waals surface area contributed by atoms with Crippen LogP contribution in [0.15, 0.2) is 109 Å². The second kappa shape index (κ2) is 32.9. The molecule has 0 spiro atoms. The smallest absolute Gasteiger partial charge is 0.408 e. The fourth-order valence-electron chi connectivity index (χ4n) is 8.66. The average molecular weight is 1140 g/mol. The number of ketones is 3. The van der Waals surface area contributed by atoms with Gasteiger partial charge in [0.05, 0.1) is 12.1 Å². The number of aromatic hydroxyl groups is 2. The maximum absolute atomic E-state index is 16.6. The number of nitrogens with one attached hydrogen (secondary N) is 6. The maximum Gasteiger partial charge on any atom is 0.408 e. The van der Waals surface area contributed by atoms with Crippen LogP contribution in [-0.2, 0) is 69.1 Å². The highest BCUT2D eigenvalue weighted by Gasteiger charge is 2.44. The molecule has 0 aliphatic heterocycles. The number of ether oxygens (including phenoxy) is 2. The van der Waals surface area contributed by atoms with Gasteiger partial charge in [0.1, 0.15) is 48.9 Å². The lowest BCUT2D eigenvalue weighted by atomic mass is 9.92. The van der Waals surface area contributed by atoms with Gasteiger partial charge in [-0.1, -0.05) is 140 Å². The number of halogens is 2. The summed E-state index contributed by atoms with van der Waals surface area (Å²) in [6.07, 6.45) is -9.54. The van der Waals surface area contributed by atoms with Gasteiger partial charge in [0.2, 0.25) is 41.8 Å². The molecule has 4 rings (SSSR count). The number of rotatable bonds is 32. The molecule has 82 heavy (non-hydrogen) atoms. The summed E-state index contributed by atoms with van der Waals surface area (Å²) in [6, 6.07) is 18.8. The van der Waals surface area contributed by atoms with Crippen molar-refractivity contribution in [2.45, 2.75) is 156 Å². The first-order chi connectivity index (χ1) is 38.8. The zero-order chi connectivity index (χ0) is 60.6. The van der Waals surface area contributed by atoms with Crippen molar-refractivity contribution in [3.8, 4) is 11.5 Å². The first kappa shape index (κ1) is 66.3. The molecule has 6 amide bonds. The topological polar surface area (TPSA) is 285 Å². The summed E-state index contributed by atoms with van der Waals surface area (Å²) in [4.78, 5) is 124. The van der Waals surface area contributed by atoms with Gasteiger partial charge in [0.25, 0.3) is 0 Å². The molecule has 19 nitrogen and oxygen atoms in total. The van der Waals surface area contributed by atoms with Crippen LogP contribution in [0.1, 0.15) is 103 Å². The first-order valence-corrected chi connectivity index (χ1v) is 27.4. The zero-order valence-corrected chi connectivity index (χ0v) is 47.6. The maximum atomic E-state index is 16.6. The number of phenolic OH excluding ortho intramolecular Hbond substituents is 2. The van der Waals surface area contributed by atoms with Crippen molar-refractivity contribution >= 4 is 53.2 Å². The predicted molar refractivity (Wildman–Crippen MR) is 301 cm³/mol. The van der Waals surface area contributed by atoms with E-state index in [9.17, 15) is 53.4 Å². The molecule has 444 valence electrons. The van der Waals surface area contributed by atoms with E-state index >= 15 is 8.78 Å². The third-order valence-electron chi connectivity index (χ3n) is 12.8. The zero-order valence-electron chi connectivity index (χ0n) is 47.6. The Morgan fingerprint density at radius 2 is 0.634 bits per heavy atom. The predicted octanol–water partition coefficient (Wildman–Crippen LogP) is 6.98. The van der Waals surface area contributed by atoms with E-state index in [0.29, 0.717) is 11.1 Å². The summed E-state index contributed by atoms with van der Waals surface area (Å²) in [5.74, 6) is -10.3. The molecule has 4 aromatic rings. The fourth-order valence-corrected chi connectivity index (χ4v) is 8.66. The van der Waals surface area contributed by atoms with Crippen LogP contribution in [0.3, 0.4) is 0 Å². The van der Waals surface area contributed by atoms with Crippen LogP contribution in [0.5, 0.6) is 11.5 Å². The van der Waals surface area contributed by atoms with Gasteiger partial charge in [-0.25, -0.2) is 18.4 Å². The summed E-state index contributed by atoms with van der Waals surface area (Å²) in [5.41, 5.74) is 1.85. The molecule has 0 aromatic heterocycles. The van der Waals surface area contributed by atoms with Gasteiger partial charge >= 0.3 is 12.2 Å². The average Bonchev–Trinajstić information content (AvgIpc) is 3.57. The molecule has 0 radical (unpaired) electrons. The quantitative estimate of drug-likeness (QED) is 0.0229. The van der Waals surface area contributed by atoms with Crippen molar-refractivity contribution in [1.82, 2.24) is 31.9 Å². The van der Waals surface area contributed by atoms with Crippen LogP contribution in [0.25, 0.3) is 0 Å². The second-order valence-corrected chi connectivity index (χ2v) is 22.0. The number of carbonyl (C=O) groups excluding carboxylic acids is 9. The molecule has 0 heterocycles. The third kappa shape index (κ3) is 22.7. The van der Waals surface area contributed by atoms with Crippen molar-refractivity contribution in [2.75, 3.05) is 0 Å². The molecular formula is C61H78F2N6O13. The number of benzene rings is 4. The molecule has 4 aromatic carbocycles. The Labute approximate surface area is 477 Å². The van der Waals surface area contributed by atoms with Crippen LogP contribution < -0.4 is 31.9 Å². The molecule has 0 fully saturated rings. The van der Waals surface area contributed by atoms with Gasteiger partial charge in [-0.05, 0) is 109 Å². The van der Waals surface area contributed by atoms with Crippen molar-refractivity contribution in [2.24, 2.45) is 23.7 Å². The van der Waals surface area contributed by atoms with Gasteiger partial charge in [-0.2, -0.15) is 0 Å². The van der Waals surface area contributed by atoms with Crippen LogP contribution in [0.2, 0.25) is 0 Å². The highest BCUT2D eigenvalue weighted by molar-refractivity contribution is 6.18. The van der Waals surface area contributed by atoms with Crippen LogP contribution >= 0.6 is 0 Å². The summed E-state index contributed by atoms with van der Waals surface area (Å²) >= 11 is 0. The Morgan fingerprint density at radius 3 is 0.915 bits per heavy atom. The normalized spacial score (nSPS) is 14.2. The lowest BCUT2D eigenvalue weighted by Gasteiger charge is -2.28. The number of alkyl carbamates (subject to hydrolysis) is 2. The standard InChI is InChI=1S/C61H78F2N6O13/c1-35(2)27-47(66-58(77)49(29-37(5)6)68-60(79)81-33-41-15-11-9-12-16-41)56(75)64-45(31-39-19-23-43(70)24-20-39)53(72)51(62)55(74)52(63)54(73)46(32-40-21-25-44(71)26-22-40)65-57(76)48(28-36(3)4)67-59(78)50(30-38(7)8)69-61(80)82-34-42-17-13-10-14-18-42/h9-26,35-38,45-52,70-71H,27-34H2,1-8H3,(H,64,75)(H,65,76)(H,66,77)(H,67,78)(H,68,79)(H,69,80)/t45-,46-,47-,48-,49-,50-,51?,52?/m0/s1. The van der Waals surface area contributed by atoms with E-state index in [1.807, 2.05) is 0 Å². The van der Waals surface area contributed by atoms with E-state index in [2.05, 4.69) is 31.9 Å². The molecule has 8 atom stereocenters. The van der Waals surface area contributed by atoms with E-state index in [1.165, 1.54) is 48.5 Å². The van der Waals surface area contributed by atoms with E-state index in [-0.39, 0.29) is 85.2 Å². The number of carbonyl (C=O) groups is 9. The van der Waals surface area contributed by atoms with Gasteiger partial charge in [0.15, 0.2) is 11.6 Å². The molecule has 0 saturated heterocycles. The number of hydrogen-bond donors (Lipinski definition) is 8. The number of hydrogen-bond acceptors (Lipinski definition) is 13. The Bertz CT molecular complexity index is 2560. The lowest BCUT2D eigenvalue weighted by Crippen LogP contribution is -2.58. The van der Waals surface area contributed by atoms with Gasteiger partial charge < -0.3 is 51.6 Å². The van der Waals surface area contributed by atoms with Crippen molar-refractivity contribution in [1.29, 1.82) is 0 Å². The Balaban J connectivity index is 1.58. The van der Waals surface area contributed by atoms with Gasteiger partial charge in [0, 0.05) is 0 Å². The minimum absolute atomic E-state index is 0.0430. The number of alkyl halides is 2. The summed E-state index contributed by atoms with van der Waals surface area (Å²) in [7, 11) is 0. The van der Waals surface area contributed by atoms with Gasteiger partial charge in [-0.15, -0.1) is 0 Å². The van der Waals surface area contributed by atoms with E-state index in [1.54, 1.807) is 116 Å². The Morgan fingerprint density at radius 1 is 0.366 bits per heavy atom. The molecule has 8 N–H and O–H groups in total. The van der Waals surface area contributed by atoms with Crippen LogP contribution in [-0.4, -0.2) is 112 Å². The SMILES string of the molecule is CC(C)C[C@H](NC(=O)OCc1ccccc1)C(=O)N[C@@H](CC(C)C)C(=O)N[C@@H](Cc1ccc(O)cc1)C(=O)C(F)C(=O)C(F)C(=O)[C@H](Cc1ccc(O)cc1)NC(=O)[C@H](CC(C)C)NC(=O)[C@H](CC(C)C)NC(=O)OCc1ccccc1. The minimum atomic E-state index is -3.40. The van der Waals surface area contributed by atoms with Crippen LogP contribution in [0.4, 0.5) is 18.4 Å².